The lowest BCUT2D eigenvalue weighted by atomic mass is 10.1. The lowest BCUT2D eigenvalue weighted by Gasteiger charge is -2.28. The molecule has 0 bridgehead atoms. The minimum Gasteiger partial charge on any atom is -0.494 e. The van der Waals surface area contributed by atoms with E-state index in [1.807, 2.05) is 49.4 Å². The number of amides is 1. The van der Waals surface area contributed by atoms with Crippen molar-refractivity contribution < 1.29 is 14.1 Å². The highest BCUT2D eigenvalue weighted by Gasteiger charge is 2.24. The molecule has 2 aromatic carbocycles. The van der Waals surface area contributed by atoms with Crippen molar-refractivity contribution in [1.82, 2.24) is 15.4 Å². The topological polar surface area (TPSA) is 67.6 Å². The number of rotatable bonds is 8. The van der Waals surface area contributed by atoms with Crippen LogP contribution in [0.4, 0.5) is 0 Å². The molecule has 30 heavy (non-hydrogen) atoms. The van der Waals surface area contributed by atoms with Gasteiger partial charge in [0, 0.05) is 18.2 Å². The summed E-state index contributed by atoms with van der Waals surface area (Å²) in [6, 6.07) is 19.7. The number of hydrogen-bond acceptors (Lipinski definition) is 5. The third-order valence-electron chi connectivity index (χ3n) is 5.41. The molecule has 0 saturated carbocycles. The molecule has 0 aliphatic carbocycles. The molecule has 1 N–H and O–H groups in total. The van der Waals surface area contributed by atoms with Crippen molar-refractivity contribution in [3.05, 3.63) is 71.9 Å². The van der Waals surface area contributed by atoms with Crippen LogP contribution in [0.25, 0.3) is 11.3 Å². The summed E-state index contributed by atoms with van der Waals surface area (Å²) in [5, 5.41) is 7.01. The van der Waals surface area contributed by atoms with E-state index in [0.717, 1.165) is 24.4 Å². The second-order valence-corrected chi connectivity index (χ2v) is 7.41. The fraction of sp³-hybridized carbons (Fsp3) is 0.333. The summed E-state index contributed by atoms with van der Waals surface area (Å²) in [4.78, 5) is 15.1. The molecule has 1 amide bonds. The molecule has 1 atom stereocenters. The minimum atomic E-state index is -0.226. The number of hydrogen-bond donors (Lipinski definition) is 1. The van der Waals surface area contributed by atoms with Crippen molar-refractivity contribution in [2.45, 2.75) is 25.8 Å². The molecule has 1 unspecified atom stereocenters. The van der Waals surface area contributed by atoms with Crippen LogP contribution in [-0.2, 0) is 0 Å². The van der Waals surface area contributed by atoms with Crippen LogP contribution in [0.2, 0.25) is 0 Å². The Bertz CT molecular complexity index is 947. The number of nitrogens with one attached hydrogen (secondary N) is 1. The van der Waals surface area contributed by atoms with Gasteiger partial charge in [0.1, 0.15) is 5.75 Å². The fourth-order valence-electron chi connectivity index (χ4n) is 3.87. The minimum absolute atomic E-state index is 0.162. The Kier molecular flexibility index (Phi) is 6.44. The second-order valence-electron chi connectivity index (χ2n) is 7.41. The zero-order chi connectivity index (χ0) is 20.8. The molecule has 1 aliphatic rings. The van der Waals surface area contributed by atoms with Crippen molar-refractivity contribution in [2.75, 3.05) is 26.2 Å². The molecule has 3 aromatic rings. The van der Waals surface area contributed by atoms with E-state index in [-0.39, 0.29) is 17.6 Å². The summed E-state index contributed by atoms with van der Waals surface area (Å²) in [6.07, 6.45) is 2.40. The molecule has 4 rings (SSSR count). The Morgan fingerprint density at radius 1 is 1.13 bits per heavy atom. The van der Waals surface area contributed by atoms with Crippen molar-refractivity contribution in [3.63, 3.8) is 0 Å². The highest BCUT2D eigenvalue weighted by atomic mass is 16.5. The van der Waals surface area contributed by atoms with Gasteiger partial charge in [-0.1, -0.05) is 35.5 Å². The van der Waals surface area contributed by atoms with Crippen molar-refractivity contribution in [3.8, 4) is 17.1 Å². The van der Waals surface area contributed by atoms with Crippen LogP contribution in [0.1, 0.15) is 41.9 Å². The Hall–Kier alpha value is -3.12. The SMILES string of the molecule is CCOc1ccc(-c2cc(C(=O)NCC(c3ccccc3)N3CCCC3)no2)cc1. The number of ether oxygens (including phenoxy) is 1. The van der Waals surface area contributed by atoms with E-state index < -0.39 is 0 Å². The molecule has 0 spiro atoms. The number of carbonyl (C=O) groups is 1. The first kappa shape index (κ1) is 20.2. The van der Waals surface area contributed by atoms with Gasteiger partial charge in [-0.15, -0.1) is 0 Å². The third-order valence-corrected chi connectivity index (χ3v) is 5.41. The van der Waals surface area contributed by atoms with Gasteiger partial charge in [-0.2, -0.15) is 0 Å². The molecular weight excluding hydrogens is 378 g/mol. The molecule has 1 aliphatic heterocycles. The van der Waals surface area contributed by atoms with Gasteiger partial charge in [0.25, 0.3) is 5.91 Å². The normalized spacial score (nSPS) is 15.1. The molecule has 0 radical (unpaired) electrons. The molecule has 1 aromatic heterocycles. The predicted octanol–water partition coefficient (Wildman–Crippen LogP) is 4.31. The maximum Gasteiger partial charge on any atom is 0.273 e. The maximum absolute atomic E-state index is 12.7. The van der Waals surface area contributed by atoms with Gasteiger partial charge in [0.15, 0.2) is 11.5 Å². The van der Waals surface area contributed by atoms with E-state index in [2.05, 4.69) is 27.5 Å². The molecule has 156 valence electrons. The van der Waals surface area contributed by atoms with Gasteiger partial charge in [0.2, 0.25) is 0 Å². The number of aromatic nitrogens is 1. The smallest absolute Gasteiger partial charge is 0.273 e. The summed E-state index contributed by atoms with van der Waals surface area (Å²) < 4.78 is 10.9. The van der Waals surface area contributed by atoms with Crippen molar-refractivity contribution in [1.29, 1.82) is 0 Å². The van der Waals surface area contributed by atoms with Gasteiger partial charge in [-0.3, -0.25) is 9.69 Å². The van der Waals surface area contributed by atoms with Gasteiger partial charge < -0.3 is 14.6 Å². The Labute approximate surface area is 176 Å². The highest BCUT2D eigenvalue weighted by molar-refractivity contribution is 5.93. The van der Waals surface area contributed by atoms with Crippen LogP contribution in [0.5, 0.6) is 5.75 Å². The van der Waals surface area contributed by atoms with Gasteiger partial charge >= 0.3 is 0 Å². The lowest BCUT2D eigenvalue weighted by Crippen LogP contribution is -2.36. The number of likely N-dealkylation sites (tertiary alicyclic amines) is 1. The van der Waals surface area contributed by atoms with Crippen LogP contribution in [0.15, 0.2) is 65.2 Å². The summed E-state index contributed by atoms with van der Waals surface area (Å²) in [5.74, 6) is 1.13. The molecule has 1 saturated heterocycles. The van der Waals surface area contributed by atoms with E-state index in [1.165, 1.54) is 18.4 Å². The van der Waals surface area contributed by atoms with Crippen LogP contribution in [0.3, 0.4) is 0 Å². The Morgan fingerprint density at radius 3 is 2.57 bits per heavy atom. The molecule has 6 heteroatoms. The summed E-state index contributed by atoms with van der Waals surface area (Å²) in [5.41, 5.74) is 2.35. The zero-order valence-corrected chi connectivity index (χ0v) is 17.2. The average molecular weight is 405 g/mol. The predicted molar refractivity (Wildman–Crippen MR) is 115 cm³/mol. The first-order valence-electron chi connectivity index (χ1n) is 10.5. The van der Waals surface area contributed by atoms with Crippen LogP contribution >= 0.6 is 0 Å². The van der Waals surface area contributed by atoms with Crippen LogP contribution < -0.4 is 10.1 Å². The number of benzene rings is 2. The van der Waals surface area contributed by atoms with Crippen LogP contribution in [-0.4, -0.2) is 42.2 Å². The standard InChI is InChI=1S/C24H27N3O3/c1-2-29-20-12-10-19(11-13-20)23-16-21(26-30-23)24(28)25-17-22(27-14-6-7-15-27)18-8-4-3-5-9-18/h3-5,8-13,16,22H,2,6-7,14-15,17H2,1H3,(H,25,28). The average Bonchev–Trinajstić information content (AvgIpc) is 3.48. The van der Waals surface area contributed by atoms with Gasteiger partial charge in [-0.25, -0.2) is 0 Å². The summed E-state index contributed by atoms with van der Waals surface area (Å²) in [7, 11) is 0. The van der Waals surface area contributed by atoms with E-state index in [4.69, 9.17) is 9.26 Å². The monoisotopic (exact) mass is 405 g/mol. The molecular formula is C24H27N3O3. The van der Waals surface area contributed by atoms with E-state index in [1.54, 1.807) is 6.07 Å². The number of carbonyl (C=O) groups excluding carboxylic acids is 1. The van der Waals surface area contributed by atoms with E-state index in [0.29, 0.717) is 18.9 Å². The largest absolute Gasteiger partial charge is 0.494 e. The number of nitrogens with zero attached hydrogens (tertiary/aromatic N) is 2. The third kappa shape index (κ3) is 4.71. The maximum atomic E-state index is 12.7. The highest BCUT2D eigenvalue weighted by Crippen LogP contribution is 2.25. The van der Waals surface area contributed by atoms with Gasteiger partial charge in [0.05, 0.1) is 12.6 Å². The zero-order valence-electron chi connectivity index (χ0n) is 17.2. The quantitative estimate of drug-likeness (QED) is 0.605. The molecule has 2 heterocycles. The molecule has 1 fully saturated rings. The van der Waals surface area contributed by atoms with Crippen LogP contribution in [0, 0.1) is 0 Å². The van der Waals surface area contributed by atoms with E-state index >= 15 is 0 Å². The first-order valence-corrected chi connectivity index (χ1v) is 10.5. The Morgan fingerprint density at radius 2 is 1.87 bits per heavy atom. The second kappa shape index (κ2) is 9.59. The van der Waals surface area contributed by atoms with E-state index in [9.17, 15) is 4.79 Å². The van der Waals surface area contributed by atoms with Gasteiger partial charge in [-0.05, 0) is 62.7 Å². The lowest BCUT2D eigenvalue weighted by molar-refractivity contribution is 0.0929. The molecule has 6 nitrogen and oxygen atoms in total. The fourth-order valence-corrected chi connectivity index (χ4v) is 3.87. The van der Waals surface area contributed by atoms with Crippen molar-refractivity contribution in [2.24, 2.45) is 0 Å². The Balaban J connectivity index is 1.42. The summed E-state index contributed by atoms with van der Waals surface area (Å²) in [6.45, 7) is 5.21. The summed E-state index contributed by atoms with van der Waals surface area (Å²) >= 11 is 0. The van der Waals surface area contributed by atoms with Crippen molar-refractivity contribution >= 4 is 5.91 Å². The first-order chi connectivity index (χ1) is 14.7.